The number of carbonyl (C=O) groups is 1. The van der Waals surface area contributed by atoms with Crippen LogP contribution < -0.4 is 4.90 Å². The van der Waals surface area contributed by atoms with Crippen LogP contribution in [0.5, 0.6) is 0 Å². The molecule has 0 amide bonds. The van der Waals surface area contributed by atoms with Gasteiger partial charge in [0, 0.05) is 18.2 Å². The number of benzene rings is 1. The van der Waals surface area contributed by atoms with Crippen molar-refractivity contribution in [1.29, 1.82) is 0 Å². The average Bonchev–Trinajstić information content (AvgIpc) is 2.32. The maximum atomic E-state index is 13.8. The van der Waals surface area contributed by atoms with Crippen molar-refractivity contribution in [2.24, 2.45) is 0 Å². The summed E-state index contributed by atoms with van der Waals surface area (Å²) in [5, 5.41) is 0. The van der Waals surface area contributed by atoms with Crippen molar-refractivity contribution < 1.29 is 13.6 Å². The summed E-state index contributed by atoms with van der Waals surface area (Å²) < 4.78 is 27.6. The Morgan fingerprint density at radius 1 is 1.29 bits per heavy atom. The third-order valence-corrected chi connectivity index (χ3v) is 2.93. The second kappa shape index (κ2) is 5.75. The van der Waals surface area contributed by atoms with E-state index in [1.807, 2.05) is 20.8 Å². The van der Waals surface area contributed by atoms with E-state index in [1.165, 1.54) is 0 Å². The maximum absolute atomic E-state index is 13.8. The highest BCUT2D eigenvalue weighted by molar-refractivity contribution is 5.76. The topological polar surface area (TPSA) is 20.3 Å². The maximum Gasteiger partial charge on any atom is 0.150 e. The summed E-state index contributed by atoms with van der Waals surface area (Å²) in [6.45, 7) is 6.24. The van der Waals surface area contributed by atoms with Crippen molar-refractivity contribution in [3.63, 3.8) is 0 Å². The van der Waals surface area contributed by atoms with E-state index in [9.17, 15) is 13.6 Å². The fraction of sp³-hybridized carbons (Fsp3) is 0.462. The summed E-state index contributed by atoms with van der Waals surface area (Å²) in [6, 6.07) is 2.18. The molecule has 0 saturated heterocycles. The van der Waals surface area contributed by atoms with Gasteiger partial charge in [-0.25, -0.2) is 8.78 Å². The van der Waals surface area contributed by atoms with Crippen molar-refractivity contribution in [2.75, 3.05) is 11.4 Å². The highest BCUT2D eigenvalue weighted by Crippen LogP contribution is 2.26. The van der Waals surface area contributed by atoms with E-state index >= 15 is 0 Å². The molecule has 1 aromatic carbocycles. The summed E-state index contributed by atoms with van der Waals surface area (Å²) in [7, 11) is 0. The highest BCUT2D eigenvalue weighted by Gasteiger charge is 2.20. The number of carbonyl (C=O) groups excluding carboxylic acids is 1. The second-order valence-corrected chi connectivity index (χ2v) is 3.99. The quantitative estimate of drug-likeness (QED) is 0.736. The number of halogens is 2. The van der Waals surface area contributed by atoms with E-state index in [-0.39, 0.29) is 17.3 Å². The standard InChI is InChI=1S/C13H17F2NO/c1-4-9(3)16(5-2)13-11(14)6-10(8-17)7-12(13)15/h6-9H,4-5H2,1-3H3. The molecular weight excluding hydrogens is 224 g/mol. The molecule has 17 heavy (non-hydrogen) atoms. The molecule has 0 bridgehead atoms. The molecule has 4 heteroatoms. The summed E-state index contributed by atoms with van der Waals surface area (Å²) in [5.74, 6) is -1.37. The molecule has 0 aromatic heterocycles. The number of hydrogen-bond donors (Lipinski definition) is 0. The van der Waals surface area contributed by atoms with Crippen LogP contribution in [-0.4, -0.2) is 18.9 Å². The average molecular weight is 241 g/mol. The van der Waals surface area contributed by atoms with Crippen LogP contribution in [-0.2, 0) is 0 Å². The molecule has 0 aliphatic rings. The molecule has 0 N–H and O–H groups in total. The number of hydrogen-bond acceptors (Lipinski definition) is 2. The van der Waals surface area contributed by atoms with E-state index in [1.54, 1.807) is 4.90 Å². The summed E-state index contributed by atoms with van der Waals surface area (Å²) in [6.07, 6.45) is 1.23. The van der Waals surface area contributed by atoms with Crippen LogP contribution in [0, 0.1) is 11.6 Å². The van der Waals surface area contributed by atoms with Crippen LogP contribution >= 0.6 is 0 Å². The lowest BCUT2D eigenvalue weighted by atomic mass is 10.1. The van der Waals surface area contributed by atoms with Crippen molar-refractivity contribution >= 4 is 12.0 Å². The predicted octanol–water partition coefficient (Wildman–Crippen LogP) is 3.40. The van der Waals surface area contributed by atoms with Gasteiger partial charge < -0.3 is 4.90 Å². The third kappa shape index (κ3) is 2.81. The minimum Gasteiger partial charge on any atom is -0.364 e. The SMILES string of the molecule is CCC(C)N(CC)c1c(F)cc(C=O)cc1F. The first-order chi connectivity index (χ1) is 8.04. The van der Waals surface area contributed by atoms with Gasteiger partial charge in [0.25, 0.3) is 0 Å². The molecule has 0 spiro atoms. The van der Waals surface area contributed by atoms with Crippen molar-refractivity contribution in [1.82, 2.24) is 0 Å². The van der Waals surface area contributed by atoms with E-state index in [0.29, 0.717) is 12.8 Å². The Labute approximate surface area is 100 Å². The van der Waals surface area contributed by atoms with Gasteiger partial charge in [-0.1, -0.05) is 6.92 Å². The molecule has 0 aliphatic heterocycles. The van der Waals surface area contributed by atoms with Crippen LogP contribution in [0.25, 0.3) is 0 Å². The molecule has 0 heterocycles. The smallest absolute Gasteiger partial charge is 0.150 e. The van der Waals surface area contributed by atoms with Gasteiger partial charge in [-0.3, -0.25) is 4.79 Å². The lowest BCUT2D eigenvalue weighted by Gasteiger charge is -2.30. The van der Waals surface area contributed by atoms with E-state index < -0.39 is 11.6 Å². The zero-order valence-corrected chi connectivity index (χ0v) is 10.3. The number of anilines is 1. The zero-order chi connectivity index (χ0) is 13.0. The Bertz CT molecular complexity index is 383. The molecule has 94 valence electrons. The van der Waals surface area contributed by atoms with Crippen molar-refractivity contribution in [3.05, 3.63) is 29.3 Å². The van der Waals surface area contributed by atoms with Crippen molar-refractivity contribution in [2.45, 2.75) is 33.2 Å². The lowest BCUT2D eigenvalue weighted by Crippen LogP contribution is -2.33. The first-order valence-corrected chi connectivity index (χ1v) is 5.75. The van der Waals surface area contributed by atoms with Gasteiger partial charge in [-0.15, -0.1) is 0 Å². The molecule has 1 unspecified atom stereocenters. The van der Waals surface area contributed by atoms with E-state index in [2.05, 4.69) is 0 Å². The molecule has 0 radical (unpaired) electrons. The minimum absolute atomic E-state index is 0.0176. The van der Waals surface area contributed by atoms with Crippen LogP contribution in [0.1, 0.15) is 37.6 Å². The molecule has 1 aromatic rings. The molecule has 0 fully saturated rings. The Kier molecular flexibility index (Phi) is 4.61. The second-order valence-electron chi connectivity index (χ2n) is 3.99. The molecule has 0 saturated carbocycles. The Balaban J connectivity index is 3.24. The van der Waals surface area contributed by atoms with Gasteiger partial charge in [-0.2, -0.15) is 0 Å². The lowest BCUT2D eigenvalue weighted by molar-refractivity contribution is 0.112. The number of aldehydes is 1. The third-order valence-electron chi connectivity index (χ3n) is 2.93. The molecule has 2 nitrogen and oxygen atoms in total. The van der Waals surface area contributed by atoms with E-state index in [4.69, 9.17) is 0 Å². The van der Waals surface area contributed by atoms with Gasteiger partial charge in [0.1, 0.15) is 23.6 Å². The number of nitrogens with zero attached hydrogens (tertiary/aromatic N) is 1. The fourth-order valence-electron chi connectivity index (χ4n) is 1.84. The predicted molar refractivity (Wildman–Crippen MR) is 64.5 cm³/mol. The molecular formula is C13H17F2NO. The normalized spacial score (nSPS) is 12.3. The van der Waals surface area contributed by atoms with Gasteiger partial charge in [0.2, 0.25) is 0 Å². The van der Waals surface area contributed by atoms with Gasteiger partial charge in [-0.05, 0) is 32.4 Å². The zero-order valence-electron chi connectivity index (χ0n) is 10.3. The van der Waals surface area contributed by atoms with Gasteiger partial charge >= 0.3 is 0 Å². The van der Waals surface area contributed by atoms with Gasteiger partial charge in [0.15, 0.2) is 0 Å². The summed E-state index contributed by atoms with van der Waals surface area (Å²) in [5.41, 5.74) is -0.0311. The van der Waals surface area contributed by atoms with E-state index in [0.717, 1.165) is 18.6 Å². The summed E-state index contributed by atoms with van der Waals surface area (Å²) >= 11 is 0. The molecule has 1 atom stereocenters. The first-order valence-electron chi connectivity index (χ1n) is 5.75. The van der Waals surface area contributed by atoms with Crippen LogP contribution in [0.2, 0.25) is 0 Å². The van der Waals surface area contributed by atoms with Crippen LogP contribution in [0.3, 0.4) is 0 Å². The molecule has 0 aliphatic carbocycles. The Morgan fingerprint density at radius 3 is 2.18 bits per heavy atom. The largest absolute Gasteiger partial charge is 0.364 e. The van der Waals surface area contributed by atoms with Crippen LogP contribution in [0.15, 0.2) is 12.1 Å². The molecule has 1 rings (SSSR count). The Hall–Kier alpha value is -1.45. The van der Waals surface area contributed by atoms with Crippen LogP contribution in [0.4, 0.5) is 14.5 Å². The van der Waals surface area contributed by atoms with Crippen molar-refractivity contribution in [3.8, 4) is 0 Å². The highest BCUT2D eigenvalue weighted by atomic mass is 19.1. The number of rotatable bonds is 5. The fourth-order valence-corrected chi connectivity index (χ4v) is 1.84. The Morgan fingerprint density at radius 2 is 1.82 bits per heavy atom. The minimum atomic E-state index is -0.686. The summed E-state index contributed by atoms with van der Waals surface area (Å²) in [4.78, 5) is 12.2. The van der Waals surface area contributed by atoms with Gasteiger partial charge in [0.05, 0.1) is 0 Å². The monoisotopic (exact) mass is 241 g/mol. The first kappa shape index (κ1) is 13.6.